The van der Waals surface area contributed by atoms with Gasteiger partial charge in [0.2, 0.25) is 10.0 Å². The van der Waals surface area contributed by atoms with Crippen molar-refractivity contribution in [2.24, 2.45) is 0 Å². The van der Waals surface area contributed by atoms with Crippen LogP contribution in [-0.4, -0.2) is 31.7 Å². The standard InChI is InChI=1S/C18H18F2N2O3S/c1-12-3-4-13(9-16(12)20)11-21-18(23)14-5-6-15(19)17(10-14)26(24,25)22-7-2-8-22/h3-6,9-10H,2,7-8,11H2,1H3,(H,21,23). The van der Waals surface area contributed by atoms with E-state index in [1.165, 1.54) is 16.4 Å². The van der Waals surface area contributed by atoms with E-state index in [4.69, 9.17) is 0 Å². The highest BCUT2D eigenvalue weighted by molar-refractivity contribution is 7.89. The first-order valence-corrected chi connectivity index (χ1v) is 9.56. The van der Waals surface area contributed by atoms with Gasteiger partial charge in [0, 0.05) is 25.2 Å². The Kier molecular flexibility index (Phi) is 5.06. The molecule has 0 atom stereocenters. The van der Waals surface area contributed by atoms with E-state index in [9.17, 15) is 22.0 Å². The van der Waals surface area contributed by atoms with Crippen LogP contribution in [0.15, 0.2) is 41.3 Å². The fraction of sp³-hybridized carbons (Fsp3) is 0.278. The van der Waals surface area contributed by atoms with Crippen molar-refractivity contribution in [3.8, 4) is 0 Å². The summed E-state index contributed by atoms with van der Waals surface area (Å²) in [4.78, 5) is 11.8. The molecular weight excluding hydrogens is 362 g/mol. The van der Waals surface area contributed by atoms with Crippen LogP contribution in [0.3, 0.4) is 0 Å². The van der Waals surface area contributed by atoms with E-state index in [1.807, 2.05) is 0 Å². The number of halogens is 2. The lowest BCUT2D eigenvalue weighted by Crippen LogP contribution is -2.42. The number of aryl methyl sites for hydroxylation is 1. The molecule has 1 aliphatic rings. The van der Waals surface area contributed by atoms with Gasteiger partial charge in [0.25, 0.3) is 5.91 Å². The summed E-state index contributed by atoms with van der Waals surface area (Å²) in [6.07, 6.45) is 0.730. The van der Waals surface area contributed by atoms with Gasteiger partial charge in [0.15, 0.2) is 0 Å². The molecule has 1 heterocycles. The third-order valence-corrected chi connectivity index (χ3v) is 6.23. The summed E-state index contributed by atoms with van der Waals surface area (Å²) in [6.45, 7) is 2.40. The third-order valence-electron chi connectivity index (χ3n) is 4.32. The molecule has 1 fully saturated rings. The quantitative estimate of drug-likeness (QED) is 0.867. The molecular formula is C18H18F2N2O3S. The molecule has 5 nitrogen and oxygen atoms in total. The number of carbonyl (C=O) groups is 1. The highest BCUT2D eigenvalue weighted by Crippen LogP contribution is 2.24. The number of benzene rings is 2. The zero-order chi connectivity index (χ0) is 18.9. The highest BCUT2D eigenvalue weighted by Gasteiger charge is 2.32. The molecule has 1 saturated heterocycles. The number of nitrogens with one attached hydrogen (secondary N) is 1. The second-order valence-electron chi connectivity index (χ2n) is 6.17. The molecule has 0 radical (unpaired) electrons. The van der Waals surface area contributed by atoms with Crippen LogP contribution < -0.4 is 5.32 Å². The molecule has 1 N–H and O–H groups in total. The first-order chi connectivity index (χ1) is 12.3. The van der Waals surface area contributed by atoms with Crippen LogP contribution in [0.1, 0.15) is 27.9 Å². The van der Waals surface area contributed by atoms with Gasteiger partial charge in [0.05, 0.1) is 0 Å². The van der Waals surface area contributed by atoms with Crippen molar-refractivity contribution < 1.29 is 22.0 Å². The van der Waals surface area contributed by atoms with Gasteiger partial charge in [-0.25, -0.2) is 17.2 Å². The van der Waals surface area contributed by atoms with Gasteiger partial charge in [-0.15, -0.1) is 0 Å². The maximum Gasteiger partial charge on any atom is 0.251 e. The lowest BCUT2D eigenvalue weighted by molar-refractivity contribution is 0.0950. The maximum atomic E-state index is 14.0. The summed E-state index contributed by atoms with van der Waals surface area (Å²) in [5.41, 5.74) is 1.09. The lowest BCUT2D eigenvalue weighted by Gasteiger charge is -2.29. The van der Waals surface area contributed by atoms with E-state index < -0.39 is 26.6 Å². The van der Waals surface area contributed by atoms with Crippen molar-refractivity contribution >= 4 is 15.9 Å². The van der Waals surface area contributed by atoms with Gasteiger partial charge in [-0.3, -0.25) is 4.79 Å². The minimum absolute atomic E-state index is 0.0260. The van der Waals surface area contributed by atoms with Crippen molar-refractivity contribution in [3.05, 3.63) is 64.7 Å². The summed E-state index contributed by atoms with van der Waals surface area (Å²) < 4.78 is 53.5. The van der Waals surface area contributed by atoms with Crippen LogP contribution in [0.2, 0.25) is 0 Å². The molecule has 0 aliphatic carbocycles. The van der Waals surface area contributed by atoms with Crippen LogP contribution in [0.25, 0.3) is 0 Å². The molecule has 0 unspecified atom stereocenters. The zero-order valence-electron chi connectivity index (χ0n) is 14.1. The van der Waals surface area contributed by atoms with Gasteiger partial charge in [-0.1, -0.05) is 12.1 Å². The van der Waals surface area contributed by atoms with Crippen molar-refractivity contribution in [2.75, 3.05) is 13.1 Å². The second-order valence-corrected chi connectivity index (χ2v) is 8.08. The van der Waals surface area contributed by atoms with Gasteiger partial charge in [0.1, 0.15) is 16.5 Å². The smallest absolute Gasteiger partial charge is 0.251 e. The van der Waals surface area contributed by atoms with Crippen molar-refractivity contribution in [1.29, 1.82) is 0 Å². The number of hydrogen-bond donors (Lipinski definition) is 1. The average Bonchev–Trinajstić information content (AvgIpc) is 2.54. The average molecular weight is 380 g/mol. The summed E-state index contributed by atoms with van der Waals surface area (Å²) in [5, 5.41) is 2.58. The fourth-order valence-electron chi connectivity index (χ4n) is 2.54. The Balaban J connectivity index is 1.77. The van der Waals surface area contributed by atoms with Crippen LogP contribution >= 0.6 is 0 Å². The van der Waals surface area contributed by atoms with Gasteiger partial charge < -0.3 is 5.32 Å². The van der Waals surface area contributed by atoms with E-state index >= 15 is 0 Å². The SMILES string of the molecule is Cc1ccc(CNC(=O)c2ccc(F)c(S(=O)(=O)N3CCC3)c2)cc1F. The van der Waals surface area contributed by atoms with E-state index in [2.05, 4.69) is 5.32 Å². The van der Waals surface area contributed by atoms with Crippen molar-refractivity contribution in [3.63, 3.8) is 0 Å². The zero-order valence-corrected chi connectivity index (χ0v) is 14.9. The van der Waals surface area contributed by atoms with Crippen LogP contribution in [0.4, 0.5) is 8.78 Å². The first kappa shape index (κ1) is 18.5. The van der Waals surface area contributed by atoms with E-state index in [-0.39, 0.29) is 17.9 Å². The van der Waals surface area contributed by atoms with E-state index in [0.717, 1.165) is 18.6 Å². The third kappa shape index (κ3) is 3.61. The van der Waals surface area contributed by atoms with Gasteiger partial charge >= 0.3 is 0 Å². The minimum atomic E-state index is -3.94. The second kappa shape index (κ2) is 7.13. The molecule has 3 rings (SSSR count). The summed E-state index contributed by atoms with van der Waals surface area (Å²) >= 11 is 0. The summed E-state index contributed by atoms with van der Waals surface area (Å²) in [6, 6.07) is 7.83. The first-order valence-electron chi connectivity index (χ1n) is 8.12. The molecule has 1 aliphatic heterocycles. The topological polar surface area (TPSA) is 66.5 Å². The lowest BCUT2D eigenvalue weighted by atomic mass is 10.1. The largest absolute Gasteiger partial charge is 0.348 e. The monoisotopic (exact) mass is 380 g/mol. The number of carbonyl (C=O) groups excluding carboxylic acids is 1. The minimum Gasteiger partial charge on any atom is -0.348 e. The Morgan fingerprint density at radius 2 is 1.85 bits per heavy atom. The fourth-order valence-corrected chi connectivity index (χ4v) is 4.15. The molecule has 2 aromatic carbocycles. The molecule has 8 heteroatoms. The van der Waals surface area contributed by atoms with Gasteiger partial charge in [-0.2, -0.15) is 4.31 Å². The Hall–Kier alpha value is -2.32. The Labute approximate surface area is 150 Å². The van der Waals surface area contributed by atoms with Crippen LogP contribution in [0.5, 0.6) is 0 Å². The van der Waals surface area contributed by atoms with Crippen molar-refractivity contribution in [2.45, 2.75) is 24.8 Å². The Bertz CT molecular complexity index is 957. The number of nitrogens with zero attached hydrogens (tertiary/aromatic N) is 1. The number of rotatable bonds is 5. The summed E-state index contributed by atoms with van der Waals surface area (Å²) in [5.74, 6) is -1.83. The van der Waals surface area contributed by atoms with Crippen molar-refractivity contribution in [1.82, 2.24) is 9.62 Å². The predicted octanol–water partition coefficient (Wildman–Crippen LogP) is 2.60. The molecule has 0 spiro atoms. The molecule has 0 saturated carbocycles. The normalized spacial score (nSPS) is 14.7. The highest BCUT2D eigenvalue weighted by atomic mass is 32.2. The van der Waals surface area contributed by atoms with Crippen LogP contribution in [-0.2, 0) is 16.6 Å². The molecule has 1 amide bonds. The number of hydrogen-bond acceptors (Lipinski definition) is 3. The Morgan fingerprint density at radius 3 is 2.46 bits per heavy atom. The van der Waals surface area contributed by atoms with E-state index in [1.54, 1.807) is 19.1 Å². The molecule has 0 bridgehead atoms. The summed E-state index contributed by atoms with van der Waals surface area (Å²) in [7, 11) is -3.94. The van der Waals surface area contributed by atoms with Gasteiger partial charge in [-0.05, 0) is 48.7 Å². The predicted molar refractivity (Wildman–Crippen MR) is 92.1 cm³/mol. The molecule has 0 aromatic heterocycles. The Morgan fingerprint density at radius 1 is 1.12 bits per heavy atom. The molecule has 2 aromatic rings. The van der Waals surface area contributed by atoms with Crippen LogP contribution in [0, 0.1) is 18.6 Å². The number of sulfonamides is 1. The maximum absolute atomic E-state index is 14.0. The molecule has 138 valence electrons. The molecule has 26 heavy (non-hydrogen) atoms. The number of amides is 1. The van der Waals surface area contributed by atoms with E-state index in [0.29, 0.717) is 24.2 Å².